The molecule has 0 aromatic rings. The number of nitrogens with two attached hydrogens (primary N) is 1. The highest BCUT2D eigenvalue weighted by Gasteiger charge is 2.33. The van der Waals surface area contributed by atoms with Gasteiger partial charge in [-0.15, -0.1) is 0 Å². The van der Waals surface area contributed by atoms with Gasteiger partial charge in [-0.3, -0.25) is 4.79 Å². The van der Waals surface area contributed by atoms with Crippen molar-refractivity contribution in [2.75, 3.05) is 13.6 Å². The van der Waals surface area contributed by atoms with E-state index >= 15 is 0 Å². The molecule has 2 N–H and O–H groups in total. The maximum absolute atomic E-state index is 11.7. The molecule has 0 radical (unpaired) electrons. The minimum absolute atomic E-state index is 0.0861. The Kier molecular flexibility index (Phi) is 3.82. The van der Waals surface area contributed by atoms with Crippen LogP contribution in [0.15, 0.2) is 0 Å². The first-order chi connectivity index (χ1) is 7.68. The topological polar surface area (TPSA) is 55.6 Å². The van der Waals surface area contributed by atoms with E-state index in [1.54, 1.807) is 4.90 Å². The summed E-state index contributed by atoms with van der Waals surface area (Å²) in [6, 6.07) is 0.112. The van der Waals surface area contributed by atoms with E-state index in [2.05, 4.69) is 0 Å². The lowest BCUT2D eigenvalue weighted by atomic mass is 10.1. The molecule has 1 aliphatic heterocycles. The maximum atomic E-state index is 11.7. The van der Waals surface area contributed by atoms with Gasteiger partial charge in [-0.05, 0) is 12.8 Å². The van der Waals surface area contributed by atoms with E-state index in [1.807, 2.05) is 7.05 Å². The second-order valence-corrected chi connectivity index (χ2v) is 5.01. The van der Waals surface area contributed by atoms with Crippen LogP contribution in [0.4, 0.5) is 0 Å². The van der Waals surface area contributed by atoms with Gasteiger partial charge < -0.3 is 15.4 Å². The van der Waals surface area contributed by atoms with Gasteiger partial charge in [0.15, 0.2) is 0 Å². The summed E-state index contributed by atoms with van der Waals surface area (Å²) in [5.74, 6) is 0.122. The average Bonchev–Trinajstić information content (AvgIpc) is 2.48. The van der Waals surface area contributed by atoms with Gasteiger partial charge in [-0.25, -0.2) is 0 Å². The largest absolute Gasteiger partial charge is 0.363 e. The second-order valence-electron chi connectivity index (χ2n) is 5.01. The first-order valence-electron chi connectivity index (χ1n) is 6.34. The number of likely N-dealkylation sites (tertiary alicyclic amines) is 1. The maximum Gasteiger partial charge on any atom is 0.251 e. The van der Waals surface area contributed by atoms with Gasteiger partial charge in [0.2, 0.25) is 0 Å². The van der Waals surface area contributed by atoms with Gasteiger partial charge in [0, 0.05) is 26.1 Å². The van der Waals surface area contributed by atoms with Crippen LogP contribution in [0.1, 0.15) is 38.5 Å². The zero-order chi connectivity index (χ0) is 11.5. The number of hydrogen-bond donors (Lipinski definition) is 1. The third-order valence-electron chi connectivity index (χ3n) is 3.72. The second kappa shape index (κ2) is 5.15. The normalized spacial score (nSPS) is 36.5. The minimum atomic E-state index is -0.237. The Labute approximate surface area is 97.1 Å². The Morgan fingerprint density at radius 3 is 2.69 bits per heavy atom. The predicted octanol–water partition coefficient (Wildman–Crippen LogP) is 0.894. The Balaban J connectivity index is 1.90. The van der Waals surface area contributed by atoms with Gasteiger partial charge in [-0.2, -0.15) is 0 Å². The molecule has 2 rings (SSSR count). The molecule has 3 atom stereocenters. The Morgan fingerprint density at radius 2 is 2.00 bits per heavy atom. The summed E-state index contributed by atoms with van der Waals surface area (Å²) in [5, 5.41) is 0. The minimum Gasteiger partial charge on any atom is -0.363 e. The van der Waals surface area contributed by atoms with Gasteiger partial charge in [0.25, 0.3) is 5.91 Å². The van der Waals surface area contributed by atoms with Crippen LogP contribution < -0.4 is 5.73 Å². The van der Waals surface area contributed by atoms with E-state index in [0.717, 1.165) is 25.8 Å². The van der Waals surface area contributed by atoms with E-state index < -0.39 is 0 Å². The van der Waals surface area contributed by atoms with Crippen molar-refractivity contribution >= 4 is 5.91 Å². The Hall–Kier alpha value is -0.610. The van der Waals surface area contributed by atoms with Gasteiger partial charge in [-0.1, -0.05) is 19.3 Å². The van der Waals surface area contributed by atoms with Gasteiger partial charge >= 0.3 is 0 Å². The van der Waals surface area contributed by atoms with Crippen molar-refractivity contribution in [3.05, 3.63) is 0 Å². The van der Waals surface area contributed by atoms with Crippen LogP contribution in [0.25, 0.3) is 0 Å². The van der Waals surface area contributed by atoms with Crippen LogP contribution in [0, 0.1) is 0 Å². The molecule has 16 heavy (non-hydrogen) atoms. The molecular weight excluding hydrogens is 204 g/mol. The lowest BCUT2D eigenvalue weighted by Gasteiger charge is -2.24. The fraction of sp³-hybridized carbons (Fsp3) is 0.917. The summed E-state index contributed by atoms with van der Waals surface area (Å²) in [4.78, 5) is 13.5. The van der Waals surface area contributed by atoms with Crippen LogP contribution in [0.2, 0.25) is 0 Å². The number of carbonyl (C=O) groups is 1. The number of amides is 1. The highest BCUT2D eigenvalue weighted by atomic mass is 16.5. The zero-order valence-electron chi connectivity index (χ0n) is 10.0. The Bertz CT molecular complexity index is 257. The first kappa shape index (κ1) is 11.9. The summed E-state index contributed by atoms with van der Waals surface area (Å²) in [6.07, 6.45) is 6.32. The van der Waals surface area contributed by atoms with Crippen molar-refractivity contribution in [1.29, 1.82) is 0 Å². The molecule has 92 valence electrons. The molecule has 0 spiro atoms. The van der Waals surface area contributed by atoms with Crippen molar-refractivity contribution in [3.8, 4) is 0 Å². The summed E-state index contributed by atoms with van der Waals surface area (Å²) < 4.78 is 5.91. The third-order valence-corrected chi connectivity index (χ3v) is 3.72. The molecule has 1 amide bonds. The van der Waals surface area contributed by atoms with E-state index in [1.165, 1.54) is 19.3 Å². The number of likely N-dealkylation sites (N-methyl/N-ethyl adjacent to an activating group) is 1. The van der Waals surface area contributed by atoms with Crippen LogP contribution in [0.5, 0.6) is 0 Å². The van der Waals surface area contributed by atoms with Crippen molar-refractivity contribution in [2.45, 2.75) is 56.8 Å². The predicted molar refractivity (Wildman–Crippen MR) is 62.0 cm³/mol. The molecule has 1 aliphatic carbocycles. The van der Waals surface area contributed by atoms with Gasteiger partial charge in [0.05, 0.1) is 6.10 Å². The molecule has 1 saturated carbocycles. The van der Waals surface area contributed by atoms with Crippen molar-refractivity contribution < 1.29 is 9.53 Å². The molecule has 1 heterocycles. The lowest BCUT2D eigenvalue weighted by molar-refractivity contribution is -0.140. The van der Waals surface area contributed by atoms with Crippen LogP contribution in [-0.2, 0) is 9.53 Å². The van der Waals surface area contributed by atoms with E-state index in [9.17, 15) is 4.79 Å². The van der Waals surface area contributed by atoms with Crippen molar-refractivity contribution in [1.82, 2.24) is 4.90 Å². The fourth-order valence-electron chi connectivity index (χ4n) is 2.60. The first-order valence-corrected chi connectivity index (χ1v) is 6.34. The molecule has 1 saturated heterocycles. The third kappa shape index (κ3) is 2.55. The molecule has 2 fully saturated rings. The quantitative estimate of drug-likeness (QED) is 0.712. The summed E-state index contributed by atoms with van der Waals surface area (Å²) in [6.45, 7) is 0.811. The molecule has 4 nitrogen and oxygen atoms in total. The van der Waals surface area contributed by atoms with Crippen molar-refractivity contribution in [2.24, 2.45) is 5.73 Å². The molecular formula is C12H22N2O2. The van der Waals surface area contributed by atoms with E-state index in [4.69, 9.17) is 10.5 Å². The fourth-order valence-corrected chi connectivity index (χ4v) is 2.60. The lowest BCUT2D eigenvalue weighted by Crippen LogP contribution is -2.40. The number of nitrogens with zero attached hydrogens (tertiary/aromatic N) is 1. The van der Waals surface area contributed by atoms with Crippen molar-refractivity contribution in [3.63, 3.8) is 0 Å². The molecule has 3 unspecified atom stereocenters. The zero-order valence-corrected chi connectivity index (χ0v) is 10.0. The smallest absolute Gasteiger partial charge is 0.251 e. The van der Waals surface area contributed by atoms with Crippen LogP contribution in [-0.4, -0.2) is 42.6 Å². The summed E-state index contributed by atoms with van der Waals surface area (Å²) in [7, 11) is 1.83. The molecule has 0 aromatic heterocycles. The molecule has 0 aromatic carbocycles. The number of ether oxygens (including phenoxy) is 1. The van der Waals surface area contributed by atoms with E-state index in [0.29, 0.717) is 0 Å². The summed E-state index contributed by atoms with van der Waals surface area (Å²) >= 11 is 0. The SMILES string of the molecule is CN1CCC(OC2CCCCCC2N)C1=O. The Morgan fingerprint density at radius 1 is 1.25 bits per heavy atom. The monoisotopic (exact) mass is 226 g/mol. The number of hydrogen-bond acceptors (Lipinski definition) is 3. The standard InChI is InChI=1S/C12H22N2O2/c1-14-8-7-11(12(14)15)16-10-6-4-2-3-5-9(10)13/h9-11H,2-8,13H2,1H3. The van der Waals surface area contributed by atoms with E-state index in [-0.39, 0.29) is 24.2 Å². The number of carbonyl (C=O) groups excluding carboxylic acids is 1. The number of rotatable bonds is 2. The molecule has 2 aliphatic rings. The van der Waals surface area contributed by atoms with Crippen LogP contribution >= 0.6 is 0 Å². The highest BCUT2D eigenvalue weighted by molar-refractivity contribution is 5.82. The average molecular weight is 226 g/mol. The van der Waals surface area contributed by atoms with Crippen LogP contribution in [0.3, 0.4) is 0 Å². The van der Waals surface area contributed by atoms with Gasteiger partial charge in [0.1, 0.15) is 6.10 Å². The summed E-state index contributed by atoms with van der Waals surface area (Å²) in [5.41, 5.74) is 6.09. The molecule has 4 heteroatoms. The highest BCUT2D eigenvalue weighted by Crippen LogP contribution is 2.23. The molecule has 0 bridgehead atoms.